The van der Waals surface area contributed by atoms with Crippen LogP contribution in [0.1, 0.15) is 20.3 Å². The van der Waals surface area contributed by atoms with Crippen molar-refractivity contribution in [1.29, 1.82) is 0 Å². The lowest BCUT2D eigenvalue weighted by molar-refractivity contribution is -0.118. The molecule has 0 fully saturated rings. The molecular weight excluding hydrogens is 274 g/mol. The zero-order chi connectivity index (χ0) is 15.5. The van der Waals surface area contributed by atoms with Crippen molar-refractivity contribution in [2.45, 2.75) is 25.8 Å². The van der Waals surface area contributed by atoms with Crippen LogP contribution in [0.15, 0.2) is 18.7 Å². The maximum absolute atomic E-state index is 11.1. The standard InChI is InChI=1S/C11H17N9O/c1-11(2,5-7(12)21)18-8-15-9(19-13)17-10(16-8)20-4-3-14-6-20/h3-4,6H,5,13H2,1-2H3,(H2,12,21)(H2,15,16,17,18,19). The number of primary amides is 1. The Morgan fingerprint density at radius 3 is 2.62 bits per heavy atom. The topological polar surface area (TPSA) is 150 Å². The number of nitrogens with two attached hydrogens (primary N) is 2. The second kappa shape index (κ2) is 5.71. The molecule has 0 saturated heterocycles. The molecule has 2 heterocycles. The molecule has 112 valence electrons. The number of aromatic nitrogens is 5. The molecule has 0 aliphatic carbocycles. The number of hydrogen-bond donors (Lipinski definition) is 4. The molecular formula is C11H17N9O. The van der Waals surface area contributed by atoms with Gasteiger partial charge in [-0.25, -0.2) is 10.8 Å². The second-order valence-electron chi connectivity index (χ2n) is 5.05. The van der Waals surface area contributed by atoms with E-state index in [1.807, 2.05) is 13.8 Å². The predicted molar refractivity (Wildman–Crippen MR) is 76.3 cm³/mol. The van der Waals surface area contributed by atoms with Crippen LogP contribution in [0.3, 0.4) is 0 Å². The summed E-state index contributed by atoms with van der Waals surface area (Å²) >= 11 is 0. The fraction of sp³-hybridized carbons (Fsp3) is 0.364. The maximum atomic E-state index is 11.1. The Bertz CT molecular complexity index is 623. The largest absolute Gasteiger partial charge is 0.370 e. The van der Waals surface area contributed by atoms with Crippen molar-refractivity contribution >= 4 is 17.8 Å². The molecule has 0 radical (unpaired) electrons. The number of nitrogens with one attached hydrogen (secondary N) is 2. The molecule has 0 atom stereocenters. The third kappa shape index (κ3) is 3.86. The monoisotopic (exact) mass is 291 g/mol. The fourth-order valence-electron chi connectivity index (χ4n) is 1.76. The predicted octanol–water partition coefficient (Wildman–Crippen LogP) is -0.591. The van der Waals surface area contributed by atoms with Crippen molar-refractivity contribution in [3.05, 3.63) is 18.7 Å². The first-order chi connectivity index (χ1) is 9.89. The Hall–Kier alpha value is -2.75. The van der Waals surface area contributed by atoms with Crippen molar-refractivity contribution in [2.75, 3.05) is 10.7 Å². The molecule has 21 heavy (non-hydrogen) atoms. The van der Waals surface area contributed by atoms with Gasteiger partial charge in [0.25, 0.3) is 0 Å². The van der Waals surface area contributed by atoms with Crippen LogP contribution in [0.2, 0.25) is 0 Å². The van der Waals surface area contributed by atoms with E-state index in [0.717, 1.165) is 0 Å². The van der Waals surface area contributed by atoms with Crippen molar-refractivity contribution in [3.8, 4) is 5.95 Å². The number of nitrogens with zero attached hydrogens (tertiary/aromatic N) is 5. The van der Waals surface area contributed by atoms with Gasteiger partial charge in [0.15, 0.2) is 0 Å². The van der Waals surface area contributed by atoms with Crippen LogP contribution in [-0.2, 0) is 4.79 Å². The van der Waals surface area contributed by atoms with Crippen LogP contribution in [0.5, 0.6) is 0 Å². The smallest absolute Gasteiger partial charge is 0.243 e. The number of hydrazine groups is 1. The van der Waals surface area contributed by atoms with E-state index in [4.69, 9.17) is 11.6 Å². The van der Waals surface area contributed by atoms with Crippen LogP contribution in [0.4, 0.5) is 11.9 Å². The number of amides is 1. The zero-order valence-electron chi connectivity index (χ0n) is 11.7. The van der Waals surface area contributed by atoms with Crippen LogP contribution in [0, 0.1) is 0 Å². The number of anilines is 2. The summed E-state index contributed by atoms with van der Waals surface area (Å²) in [4.78, 5) is 27.5. The van der Waals surface area contributed by atoms with E-state index in [9.17, 15) is 4.79 Å². The molecule has 0 spiro atoms. The van der Waals surface area contributed by atoms with E-state index in [-0.39, 0.29) is 18.3 Å². The number of imidazole rings is 1. The molecule has 2 rings (SSSR count). The van der Waals surface area contributed by atoms with Crippen LogP contribution < -0.4 is 22.3 Å². The average Bonchev–Trinajstić information content (AvgIpc) is 2.89. The first kappa shape index (κ1) is 14.7. The molecule has 0 saturated carbocycles. The first-order valence-electron chi connectivity index (χ1n) is 6.17. The summed E-state index contributed by atoms with van der Waals surface area (Å²) in [7, 11) is 0. The second-order valence-corrected chi connectivity index (χ2v) is 5.05. The first-order valence-corrected chi connectivity index (χ1v) is 6.17. The van der Waals surface area contributed by atoms with Crippen LogP contribution >= 0.6 is 0 Å². The Balaban J connectivity index is 2.31. The van der Waals surface area contributed by atoms with Gasteiger partial charge in [-0.1, -0.05) is 0 Å². The SMILES string of the molecule is CC(C)(CC(N)=O)Nc1nc(NN)nc(-n2ccnc2)n1. The highest BCUT2D eigenvalue weighted by Crippen LogP contribution is 2.16. The van der Waals surface area contributed by atoms with E-state index in [1.54, 1.807) is 23.3 Å². The summed E-state index contributed by atoms with van der Waals surface area (Å²) in [5.74, 6) is 5.73. The lowest BCUT2D eigenvalue weighted by Gasteiger charge is -2.24. The zero-order valence-corrected chi connectivity index (χ0v) is 11.7. The Morgan fingerprint density at radius 2 is 2.05 bits per heavy atom. The minimum absolute atomic E-state index is 0.129. The molecule has 10 heteroatoms. The summed E-state index contributed by atoms with van der Waals surface area (Å²) < 4.78 is 1.61. The van der Waals surface area contributed by atoms with Crippen molar-refractivity contribution < 1.29 is 4.79 Å². The van der Waals surface area contributed by atoms with Gasteiger partial charge in [-0.05, 0) is 13.8 Å². The molecule has 0 unspecified atom stereocenters. The summed E-state index contributed by atoms with van der Waals surface area (Å²) in [6.07, 6.45) is 4.97. The molecule has 0 aliphatic heterocycles. The van der Waals surface area contributed by atoms with Gasteiger partial charge in [-0.2, -0.15) is 15.0 Å². The lowest BCUT2D eigenvalue weighted by atomic mass is 10.0. The van der Waals surface area contributed by atoms with Gasteiger partial charge in [-0.3, -0.25) is 14.8 Å². The minimum Gasteiger partial charge on any atom is -0.370 e. The van der Waals surface area contributed by atoms with Crippen molar-refractivity contribution in [2.24, 2.45) is 11.6 Å². The highest BCUT2D eigenvalue weighted by molar-refractivity contribution is 5.75. The molecule has 2 aromatic rings. The lowest BCUT2D eigenvalue weighted by Crippen LogP contribution is -2.37. The number of hydrogen-bond acceptors (Lipinski definition) is 8. The van der Waals surface area contributed by atoms with Crippen molar-refractivity contribution in [3.63, 3.8) is 0 Å². The van der Waals surface area contributed by atoms with E-state index >= 15 is 0 Å². The molecule has 0 bridgehead atoms. The van der Waals surface area contributed by atoms with Gasteiger partial charge in [0, 0.05) is 24.4 Å². The summed E-state index contributed by atoms with van der Waals surface area (Å²) in [5.41, 5.74) is 6.98. The number of carbonyl (C=O) groups excluding carboxylic acids is 1. The van der Waals surface area contributed by atoms with Gasteiger partial charge >= 0.3 is 0 Å². The van der Waals surface area contributed by atoms with Gasteiger partial charge in [-0.15, -0.1) is 0 Å². The average molecular weight is 291 g/mol. The molecule has 1 amide bonds. The highest BCUT2D eigenvalue weighted by Gasteiger charge is 2.22. The fourth-order valence-corrected chi connectivity index (χ4v) is 1.76. The Labute approximate surface area is 121 Å². The molecule has 6 N–H and O–H groups in total. The van der Waals surface area contributed by atoms with E-state index < -0.39 is 11.4 Å². The number of carbonyl (C=O) groups is 1. The highest BCUT2D eigenvalue weighted by atomic mass is 16.1. The van der Waals surface area contributed by atoms with Gasteiger partial charge in [0.1, 0.15) is 6.33 Å². The van der Waals surface area contributed by atoms with Crippen molar-refractivity contribution in [1.82, 2.24) is 24.5 Å². The summed E-state index contributed by atoms with van der Waals surface area (Å²) in [6.45, 7) is 3.63. The van der Waals surface area contributed by atoms with Crippen LogP contribution in [-0.4, -0.2) is 35.9 Å². The Morgan fingerprint density at radius 1 is 1.33 bits per heavy atom. The Kier molecular flexibility index (Phi) is 3.98. The minimum atomic E-state index is -0.606. The third-order valence-corrected chi connectivity index (χ3v) is 2.55. The number of nitrogen functional groups attached to an aromatic ring is 1. The summed E-state index contributed by atoms with van der Waals surface area (Å²) in [5, 5.41) is 3.03. The quantitative estimate of drug-likeness (QED) is 0.407. The third-order valence-electron chi connectivity index (χ3n) is 2.55. The van der Waals surface area contributed by atoms with Gasteiger partial charge < -0.3 is 11.1 Å². The molecule has 0 aliphatic rings. The maximum Gasteiger partial charge on any atom is 0.243 e. The normalized spacial score (nSPS) is 11.2. The van der Waals surface area contributed by atoms with Gasteiger partial charge in [0.2, 0.25) is 23.8 Å². The van der Waals surface area contributed by atoms with Gasteiger partial charge in [0.05, 0.1) is 0 Å². The van der Waals surface area contributed by atoms with E-state index in [2.05, 4.69) is 30.7 Å². The number of rotatable bonds is 6. The molecule has 10 nitrogen and oxygen atoms in total. The molecule has 2 aromatic heterocycles. The summed E-state index contributed by atoms with van der Waals surface area (Å²) in [6, 6.07) is 0. The van der Waals surface area contributed by atoms with Crippen LogP contribution in [0.25, 0.3) is 5.95 Å². The van der Waals surface area contributed by atoms with E-state index in [1.165, 1.54) is 0 Å². The molecule has 0 aromatic carbocycles. The van der Waals surface area contributed by atoms with E-state index in [0.29, 0.717) is 5.95 Å².